The smallest absolute Gasteiger partial charge is 0.170 e. The number of aryl methyl sites for hydroxylation is 1. The second-order valence-corrected chi connectivity index (χ2v) is 5.44. The first kappa shape index (κ1) is 10.9. The molecule has 90 valence electrons. The van der Waals surface area contributed by atoms with Gasteiger partial charge in [-0.15, -0.1) is 11.3 Å². The first-order valence-corrected chi connectivity index (χ1v) is 7.04. The molecule has 0 bridgehead atoms. The minimum absolute atomic E-state index is 0.530. The summed E-state index contributed by atoms with van der Waals surface area (Å²) >= 11 is 1.65. The molecule has 2 heterocycles. The molecular weight excluding hydrogens is 232 g/mol. The zero-order valence-corrected chi connectivity index (χ0v) is 10.8. The average molecular weight is 248 g/mol. The third-order valence-electron chi connectivity index (χ3n) is 3.44. The Balaban J connectivity index is 1.96. The lowest BCUT2D eigenvalue weighted by Crippen LogP contribution is -2.15. The molecule has 1 aliphatic carbocycles. The van der Waals surface area contributed by atoms with Gasteiger partial charge in [0.05, 0.1) is 22.1 Å². The van der Waals surface area contributed by atoms with Crippen molar-refractivity contribution in [2.45, 2.75) is 45.1 Å². The molecule has 0 atom stereocenters. The van der Waals surface area contributed by atoms with Crippen LogP contribution in [0.4, 0.5) is 0 Å². The molecule has 1 fully saturated rings. The van der Waals surface area contributed by atoms with E-state index in [1.807, 2.05) is 12.4 Å². The molecule has 0 amide bonds. The summed E-state index contributed by atoms with van der Waals surface area (Å²) in [4.78, 5) is 9.87. The number of hydrogen-bond acceptors (Lipinski definition) is 4. The van der Waals surface area contributed by atoms with Gasteiger partial charge in [-0.25, -0.2) is 14.6 Å². The van der Waals surface area contributed by atoms with Crippen molar-refractivity contribution in [3.8, 4) is 10.7 Å². The summed E-state index contributed by atoms with van der Waals surface area (Å²) in [5, 5.41) is 4.42. The third kappa shape index (κ3) is 1.99. The fraction of sp³-hybridized carbons (Fsp3) is 0.583. The van der Waals surface area contributed by atoms with E-state index in [4.69, 9.17) is 0 Å². The number of rotatable bonds is 2. The van der Waals surface area contributed by atoms with Crippen LogP contribution in [0.15, 0.2) is 11.8 Å². The van der Waals surface area contributed by atoms with Gasteiger partial charge >= 0.3 is 0 Å². The molecular formula is C12H16N4S. The molecule has 1 aliphatic rings. The van der Waals surface area contributed by atoms with Gasteiger partial charge in [0.15, 0.2) is 5.82 Å². The van der Waals surface area contributed by atoms with E-state index >= 15 is 0 Å². The van der Waals surface area contributed by atoms with Crippen LogP contribution in [0.1, 0.15) is 43.8 Å². The summed E-state index contributed by atoms with van der Waals surface area (Å²) in [6, 6.07) is 0.530. The zero-order chi connectivity index (χ0) is 11.7. The minimum atomic E-state index is 0.530. The number of nitrogens with zero attached hydrogens (tertiary/aromatic N) is 4. The van der Waals surface area contributed by atoms with Crippen molar-refractivity contribution < 1.29 is 0 Å². The standard InChI is InChI=1S/C12H16N4S/c1-9-11(17-8-14-9)12-13-7-15-16(12)10-5-3-2-4-6-10/h7-8,10H,2-6H2,1H3. The van der Waals surface area contributed by atoms with E-state index < -0.39 is 0 Å². The molecule has 0 aliphatic heterocycles. The normalized spacial score (nSPS) is 17.5. The molecule has 1 saturated carbocycles. The van der Waals surface area contributed by atoms with Gasteiger partial charge in [0.2, 0.25) is 0 Å². The quantitative estimate of drug-likeness (QED) is 0.819. The predicted octanol–water partition coefficient (Wildman–Crippen LogP) is 3.22. The summed E-state index contributed by atoms with van der Waals surface area (Å²) < 4.78 is 2.11. The van der Waals surface area contributed by atoms with E-state index in [9.17, 15) is 0 Å². The van der Waals surface area contributed by atoms with Crippen molar-refractivity contribution in [3.63, 3.8) is 0 Å². The van der Waals surface area contributed by atoms with Crippen LogP contribution >= 0.6 is 11.3 Å². The first-order chi connectivity index (χ1) is 8.36. The van der Waals surface area contributed by atoms with Crippen LogP contribution in [0.25, 0.3) is 10.7 Å². The number of hydrogen-bond donors (Lipinski definition) is 0. The highest BCUT2D eigenvalue weighted by atomic mass is 32.1. The van der Waals surface area contributed by atoms with Crippen LogP contribution in [0.5, 0.6) is 0 Å². The van der Waals surface area contributed by atoms with Gasteiger partial charge < -0.3 is 0 Å². The predicted molar refractivity (Wildman–Crippen MR) is 68.0 cm³/mol. The highest BCUT2D eigenvalue weighted by Crippen LogP contribution is 2.32. The van der Waals surface area contributed by atoms with Crippen LogP contribution in [-0.2, 0) is 0 Å². The fourth-order valence-corrected chi connectivity index (χ4v) is 3.31. The molecule has 3 rings (SSSR count). The summed E-state index contributed by atoms with van der Waals surface area (Å²) in [6.45, 7) is 2.03. The molecule has 0 aromatic carbocycles. The van der Waals surface area contributed by atoms with E-state index in [1.165, 1.54) is 32.1 Å². The van der Waals surface area contributed by atoms with Crippen molar-refractivity contribution in [3.05, 3.63) is 17.5 Å². The van der Waals surface area contributed by atoms with Gasteiger partial charge in [-0.1, -0.05) is 19.3 Å². The lowest BCUT2D eigenvalue weighted by molar-refractivity contribution is 0.332. The Labute approximate surface area is 105 Å². The molecule has 5 heteroatoms. The van der Waals surface area contributed by atoms with Crippen molar-refractivity contribution in [1.29, 1.82) is 0 Å². The molecule has 4 nitrogen and oxygen atoms in total. The van der Waals surface area contributed by atoms with Crippen LogP contribution in [-0.4, -0.2) is 19.7 Å². The molecule has 17 heavy (non-hydrogen) atoms. The van der Waals surface area contributed by atoms with Gasteiger partial charge in [-0.2, -0.15) is 5.10 Å². The summed E-state index contributed by atoms with van der Waals surface area (Å²) in [5.41, 5.74) is 2.94. The summed E-state index contributed by atoms with van der Waals surface area (Å²) in [7, 11) is 0. The summed E-state index contributed by atoms with van der Waals surface area (Å²) in [5.74, 6) is 0.997. The third-order valence-corrected chi connectivity index (χ3v) is 4.37. The molecule has 0 unspecified atom stereocenters. The second-order valence-electron chi connectivity index (χ2n) is 4.59. The maximum Gasteiger partial charge on any atom is 0.170 e. The van der Waals surface area contributed by atoms with Gasteiger partial charge in [0.25, 0.3) is 0 Å². The van der Waals surface area contributed by atoms with Crippen molar-refractivity contribution in [2.75, 3.05) is 0 Å². The monoisotopic (exact) mass is 248 g/mol. The maximum atomic E-state index is 4.42. The Kier molecular flexibility index (Phi) is 2.93. The van der Waals surface area contributed by atoms with Gasteiger partial charge in [0.1, 0.15) is 6.33 Å². The van der Waals surface area contributed by atoms with Gasteiger partial charge in [0, 0.05) is 0 Å². The average Bonchev–Trinajstić information content (AvgIpc) is 2.98. The van der Waals surface area contributed by atoms with E-state index in [2.05, 4.69) is 19.7 Å². The molecule has 0 N–H and O–H groups in total. The lowest BCUT2D eigenvalue weighted by atomic mass is 9.95. The van der Waals surface area contributed by atoms with Crippen LogP contribution in [0, 0.1) is 6.92 Å². The SMILES string of the molecule is Cc1ncsc1-c1ncnn1C1CCCCC1. The number of thiazole rings is 1. The van der Waals surface area contributed by atoms with Gasteiger partial charge in [-0.05, 0) is 19.8 Å². The van der Waals surface area contributed by atoms with Crippen molar-refractivity contribution in [2.24, 2.45) is 0 Å². The Morgan fingerprint density at radius 3 is 2.76 bits per heavy atom. The minimum Gasteiger partial charge on any atom is -0.249 e. The van der Waals surface area contributed by atoms with E-state index in [-0.39, 0.29) is 0 Å². The Morgan fingerprint density at radius 1 is 1.24 bits per heavy atom. The zero-order valence-electron chi connectivity index (χ0n) is 9.96. The molecule has 0 saturated heterocycles. The molecule has 0 spiro atoms. The molecule has 2 aromatic heterocycles. The highest BCUT2D eigenvalue weighted by Gasteiger charge is 2.21. The fourth-order valence-electron chi connectivity index (χ4n) is 2.52. The van der Waals surface area contributed by atoms with E-state index in [1.54, 1.807) is 17.7 Å². The van der Waals surface area contributed by atoms with Gasteiger partial charge in [-0.3, -0.25) is 0 Å². The Hall–Kier alpha value is -1.23. The molecule has 0 radical (unpaired) electrons. The topological polar surface area (TPSA) is 43.6 Å². The molecule has 2 aromatic rings. The van der Waals surface area contributed by atoms with Crippen molar-refractivity contribution in [1.82, 2.24) is 19.7 Å². The first-order valence-electron chi connectivity index (χ1n) is 6.16. The van der Waals surface area contributed by atoms with Crippen LogP contribution in [0.2, 0.25) is 0 Å². The van der Waals surface area contributed by atoms with Crippen LogP contribution < -0.4 is 0 Å². The summed E-state index contributed by atoms with van der Waals surface area (Å²) in [6.07, 6.45) is 8.11. The van der Waals surface area contributed by atoms with Crippen LogP contribution in [0.3, 0.4) is 0 Å². The Bertz CT molecular complexity index is 496. The highest BCUT2D eigenvalue weighted by molar-refractivity contribution is 7.13. The lowest BCUT2D eigenvalue weighted by Gasteiger charge is -2.22. The van der Waals surface area contributed by atoms with E-state index in [0.29, 0.717) is 6.04 Å². The van der Waals surface area contributed by atoms with Crippen molar-refractivity contribution >= 4 is 11.3 Å². The number of aromatic nitrogens is 4. The Morgan fingerprint density at radius 2 is 2.06 bits per heavy atom. The van der Waals surface area contributed by atoms with E-state index in [0.717, 1.165) is 16.4 Å². The second kappa shape index (κ2) is 4.56. The largest absolute Gasteiger partial charge is 0.249 e. The maximum absolute atomic E-state index is 4.42.